The van der Waals surface area contributed by atoms with Crippen LogP contribution in [0.15, 0.2) is 6.20 Å². The van der Waals surface area contributed by atoms with Crippen molar-refractivity contribution in [2.24, 2.45) is 11.8 Å². The molecule has 0 saturated carbocycles. The summed E-state index contributed by atoms with van der Waals surface area (Å²) >= 11 is 0. The van der Waals surface area contributed by atoms with Gasteiger partial charge in [-0.25, -0.2) is 9.97 Å². The molecule has 0 N–H and O–H groups in total. The number of ether oxygens (including phenoxy) is 1. The van der Waals surface area contributed by atoms with Crippen molar-refractivity contribution in [2.45, 2.75) is 20.8 Å². The summed E-state index contributed by atoms with van der Waals surface area (Å²) in [5, 5.41) is 0. The van der Waals surface area contributed by atoms with E-state index in [1.807, 2.05) is 0 Å². The fourth-order valence-electron chi connectivity index (χ4n) is 1.69. The molecule has 1 aliphatic heterocycles. The molecule has 0 radical (unpaired) electrons. The lowest BCUT2D eigenvalue weighted by Gasteiger charge is -2.22. The van der Waals surface area contributed by atoms with Crippen molar-refractivity contribution in [1.82, 2.24) is 9.97 Å². The van der Waals surface area contributed by atoms with E-state index >= 15 is 0 Å². The van der Waals surface area contributed by atoms with Gasteiger partial charge < -0.3 is 4.74 Å². The first-order valence-corrected chi connectivity index (χ1v) is 5.10. The lowest BCUT2D eigenvalue weighted by atomic mass is 9.88. The number of esters is 1. The van der Waals surface area contributed by atoms with Crippen LogP contribution in [0.25, 0.3) is 0 Å². The van der Waals surface area contributed by atoms with Crippen LogP contribution in [0.3, 0.4) is 0 Å². The van der Waals surface area contributed by atoms with Gasteiger partial charge in [0, 0.05) is 0 Å². The molecule has 1 aliphatic rings. The summed E-state index contributed by atoms with van der Waals surface area (Å²) in [6, 6.07) is 0. The molecule has 2 heterocycles. The third-order valence-corrected chi connectivity index (χ3v) is 2.49. The second kappa shape index (κ2) is 3.66. The molecule has 0 spiro atoms. The van der Waals surface area contributed by atoms with Crippen LogP contribution in [0.1, 0.15) is 30.0 Å². The van der Waals surface area contributed by atoms with Gasteiger partial charge in [-0.05, 0) is 12.8 Å². The van der Waals surface area contributed by atoms with Crippen LogP contribution in [-0.2, 0) is 4.79 Å². The first-order valence-electron chi connectivity index (χ1n) is 5.10. The molecule has 1 aromatic rings. The zero-order valence-electron chi connectivity index (χ0n) is 9.35. The summed E-state index contributed by atoms with van der Waals surface area (Å²) < 4.78 is 5.00. The van der Waals surface area contributed by atoms with E-state index in [0.717, 1.165) is 0 Å². The number of ketones is 1. The molecule has 0 fully saturated rings. The molecule has 1 aromatic heterocycles. The smallest absolute Gasteiger partial charge is 0.324 e. The largest absolute Gasteiger partial charge is 0.404 e. The maximum absolute atomic E-state index is 12.0. The predicted molar refractivity (Wildman–Crippen MR) is 55.1 cm³/mol. The van der Waals surface area contributed by atoms with Crippen LogP contribution >= 0.6 is 0 Å². The van der Waals surface area contributed by atoms with Crippen molar-refractivity contribution < 1.29 is 14.3 Å². The summed E-state index contributed by atoms with van der Waals surface area (Å²) in [6.45, 7) is 5.34. The number of nitrogens with zero attached hydrogens (tertiary/aromatic N) is 2. The van der Waals surface area contributed by atoms with Crippen molar-refractivity contribution in [3.05, 3.63) is 17.6 Å². The quantitative estimate of drug-likeness (QED) is 0.524. The summed E-state index contributed by atoms with van der Waals surface area (Å²) in [5.74, 6) is -1.67. The maximum atomic E-state index is 12.0. The minimum atomic E-state index is -0.761. The zero-order valence-corrected chi connectivity index (χ0v) is 9.35. The Morgan fingerprint density at radius 2 is 2.06 bits per heavy atom. The average Bonchev–Trinajstić information content (AvgIpc) is 2.19. The number of aromatic nitrogens is 2. The van der Waals surface area contributed by atoms with E-state index in [1.54, 1.807) is 20.8 Å². The SMILES string of the molecule is Cc1cnc2c(n1)C(=O)C(C(C)C)C(=O)O2. The average molecular weight is 220 g/mol. The minimum Gasteiger partial charge on any atom is -0.404 e. The van der Waals surface area contributed by atoms with Gasteiger partial charge in [0.2, 0.25) is 5.78 Å². The van der Waals surface area contributed by atoms with E-state index in [4.69, 9.17) is 4.74 Å². The number of carbonyl (C=O) groups excluding carboxylic acids is 2. The topological polar surface area (TPSA) is 69.2 Å². The summed E-state index contributed by atoms with van der Waals surface area (Å²) in [4.78, 5) is 31.6. The molecule has 1 atom stereocenters. The van der Waals surface area contributed by atoms with Crippen molar-refractivity contribution in [3.8, 4) is 5.88 Å². The highest BCUT2D eigenvalue weighted by molar-refractivity contribution is 6.12. The van der Waals surface area contributed by atoms with Crippen molar-refractivity contribution in [3.63, 3.8) is 0 Å². The van der Waals surface area contributed by atoms with Crippen molar-refractivity contribution in [2.75, 3.05) is 0 Å². The molecule has 84 valence electrons. The van der Waals surface area contributed by atoms with Gasteiger partial charge in [-0.3, -0.25) is 9.59 Å². The standard InChI is InChI=1S/C11H12N2O3/c1-5(2)7-9(14)8-10(16-11(7)15)12-4-6(3)13-8/h4-5,7H,1-3H3. The molecule has 0 bridgehead atoms. The first kappa shape index (κ1) is 10.7. The Hall–Kier alpha value is -1.78. The monoisotopic (exact) mass is 220 g/mol. The molecule has 0 amide bonds. The molecule has 2 rings (SSSR count). The van der Waals surface area contributed by atoms with Crippen LogP contribution < -0.4 is 4.74 Å². The second-order valence-electron chi connectivity index (χ2n) is 4.17. The Labute approximate surface area is 92.9 Å². The molecule has 5 heteroatoms. The summed E-state index contributed by atoms with van der Waals surface area (Å²) in [7, 11) is 0. The number of hydrogen-bond donors (Lipinski definition) is 0. The first-order chi connectivity index (χ1) is 7.50. The Balaban J connectivity index is 2.50. The summed E-state index contributed by atoms with van der Waals surface area (Å²) in [6.07, 6.45) is 1.47. The predicted octanol–water partition coefficient (Wildman–Crippen LogP) is 1.16. The lowest BCUT2D eigenvalue weighted by Crippen LogP contribution is -2.38. The van der Waals surface area contributed by atoms with Crippen LogP contribution in [-0.4, -0.2) is 21.7 Å². The minimum absolute atomic E-state index is 0.0255. The van der Waals surface area contributed by atoms with E-state index in [0.29, 0.717) is 5.69 Å². The third kappa shape index (κ3) is 1.58. The fraction of sp³-hybridized carbons (Fsp3) is 0.455. The number of fused-ring (bicyclic) bond motifs is 1. The van der Waals surface area contributed by atoms with E-state index in [-0.39, 0.29) is 23.3 Å². The van der Waals surface area contributed by atoms with Crippen LogP contribution in [0.5, 0.6) is 5.88 Å². The van der Waals surface area contributed by atoms with Crippen molar-refractivity contribution >= 4 is 11.8 Å². The van der Waals surface area contributed by atoms with E-state index in [2.05, 4.69) is 9.97 Å². The third-order valence-electron chi connectivity index (χ3n) is 2.49. The molecule has 16 heavy (non-hydrogen) atoms. The lowest BCUT2D eigenvalue weighted by molar-refractivity contribution is -0.139. The highest BCUT2D eigenvalue weighted by atomic mass is 16.5. The van der Waals surface area contributed by atoms with Gasteiger partial charge in [0.05, 0.1) is 11.9 Å². The van der Waals surface area contributed by atoms with Gasteiger partial charge in [0.15, 0.2) is 5.69 Å². The molecule has 0 saturated heterocycles. The Kier molecular flexibility index (Phi) is 2.46. The van der Waals surface area contributed by atoms with Crippen LogP contribution in [0, 0.1) is 18.8 Å². The summed E-state index contributed by atoms with van der Waals surface area (Å²) in [5.41, 5.74) is 0.797. The van der Waals surface area contributed by atoms with Gasteiger partial charge in [-0.1, -0.05) is 13.8 Å². The maximum Gasteiger partial charge on any atom is 0.324 e. The number of rotatable bonds is 1. The molecule has 0 aromatic carbocycles. The highest BCUT2D eigenvalue weighted by Crippen LogP contribution is 2.28. The van der Waals surface area contributed by atoms with E-state index in [9.17, 15) is 9.59 Å². The highest BCUT2D eigenvalue weighted by Gasteiger charge is 2.40. The molecular formula is C11H12N2O3. The Morgan fingerprint density at radius 3 is 2.69 bits per heavy atom. The van der Waals surface area contributed by atoms with Gasteiger partial charge in [-0.2, -0.15) is 0 Å². The van der Waals surface area contributed by atoms with Gasteiger partial charge >= 0.3 is 5.97 Å². The van der Waals surface area contributed by atoms with E-state index < -0.39 is 11.9 Å². The number of carbonyl (C=O) groups is 2. The molecule has 5 nitrogen and oxygen atoms in total. The van der Waals surface area contributed by atoms with Gasteiger partial charge in [-0.15, -0.1) is 0 Å². The normalized spacial score (nSPS) is 19.6. The van der Waals surface area contributed by atoms with Crippen molar-refractivity contribution in [1.29, 1.82) is 0 Å². The Bertz CT molecular complexity index is 468. The van der Waals surface area contributed by atoms with E-state index in [1.165, 1.54) is 6.20 Å². The zero-order chi connectivity index (χ0) is 11.9. The molecule has 0 aliphatic carbocycles. The molecule has 1 unspecified atom stereocenters. The second-order valence-corrected chi connectivity index (χ2v) is 4.17. The number of aryl methyl sites for hydroxylation is 1. The van der Waals surface area contributed by atoms with Crippen LogP contribution in [0.2, 0.25) is 0 Å². The fourth-order valence-corrected chi connectivity index (χ4v) is 1.69. The van der Waals surface area contributed by atoms with Crippen LogP contribution in [0.4, 0.5) is 0 Å². The number of hydrogen-bond acceptors (Lipinski definition) is 5. The van der Waals surface area contributed by atoms with Gasteiger partial charge in [0.1, 0.15) is 5.92 Å². The van der Waals surface area contributed by atoms with Gasteiger partial charge in [0.25, 0.3) is 5.88 Å². The Morgan fingerprint density at radius 1 is 1.38 bits per heavy atom. The number of Topliss-reactive ketones (excluding diaryl/α,β-unsaturated/α-hetero) is 1. The molecular weight excluding hydrogens is 208 g/mol.